The summed E-state index contributed by atoms with van der Waals surface area (Å²) in [7, 11) is -3.44. The quantitative estimate of drug-likeness (QED) is 0.815. The Morgan fingerprint density at radius 2 is 2.00 bits per heavy atom. The first kappa shape index (κ1) is 15.2. The van der Waals surface area contributed by atoms with E-state index in [1.807, 2.05) is 0 Å². The average Bonchev–Trinajstić information content (AvgIpc) is 2.42. The van der Waals surface area contributed by atoms with Crippen molar-refractivity contribution in [2.45, 2.75) is 6.42 Å². The molecule has 2 aromatic heterocycles. The second kappa shape index (κ2) is 6.51. The first-order chi connectivity index (χ1) is 9.46. The van der Waals surface area contributed by atoms with Gasteiger partial charge < -0.3 is 0 Å². The van der Waals surface area contributed by atoms with Crippen LogP contribution in [-0.4, -0.2) is 24.1 Å². The fraction of sp³-hybridized carbons (Fsp3) is 0.167. The van der Waals surface area contributed by atoms with Gasteiger partial charge in [-0.2, -0.15) is 0 Å². The van der Waals surface area contributed by atoms with Gasteiger partial charge in [0.25, 0.3) is 0 Å². The Hall–Kier alpha value is -1.18. The Bertz CT molecular complexity index is 695. The number of aryl methyl sites for hydroxylation is 1. The third-order valence-corrected chi connectivity index (χ3v) is 4.90. The van der Waals surface area contributed by atoms with Crippen molar-refractivity contribution in [3.8, 4) is 0 Å². The van der Waals surface area contributed by atoms with Crippen LogP contribution in [0.5, 0.6) is 0 Å². The van der Waals surface area contributed by atoms with E-state index in [1.54, 1.807) is 30.6 Å². The monoisotopic (exact) mass is 375 g/mol. The van der Waals surface area contributed by atoms with Crippen LogP contribution in [0.3, 0.4) is 0 Å². The Morgan fingerprint density at radius 1 is 1.30 bits per heavy atom. The Labute approximate surface area is 130 Å². The van der Waals surface area contributed by atoms with E-state index in [0.717, 1.165) is 5.56 Å². The molecular weight excluding hydrogens is 366 g/mol. The molecule has 0 fully saturated rings. The van der Waals surface area contributed by atoms with Gasteiger partial charge in [-0.1, -0.05) is 11.6 Å². The Morgan fingerprint density at radius 3 is 2.65 bits per heavy atom. The van der Waals surface area contributed by atoms with E-state index >= 15 is 0 Å². The van der Waals surface area contributed by atoms with Crippen LogP contribution < -0.4 is 4.72 Å². The molecule has 0 aliphatic rings. The maximum atomic E-state index is 12.0. The molecule has 5 nitrogen and oxygen atoms in total. The molecule has 0 bridgehead atoms. The summed E-state index contributed by atoms with van der Waals surface area (Å²) < 4.78 is 26.9. The van der Waals surface area contributed by atoms with Gasteiger partial charge in [0.1, 0.15) is 5.15 Å². The minimum absolute atomic E-state index is 0.0166. The molecule has 0 saturated heterocycles. The van der Waals surface area contributed by atoms with E-state index in [2.05, 4.69) is 30.6 Å². The van der Waals surface area contributed by atoms with Crippen molar-refractivity contribution in [1.29, 1.82) is 0 Å². The summed E-state index contributed by atoms with van der Waals surface area (Å²) >= 11 is 8.95. The average molecular weight is 377 g/mol. The number of hydrogen-bond acceptors (Lipinski definition) is 4. The highest BCUT2D eigenvalue weighted by atomic mass is 79.9. The van der Waals surface area contributed by atoms with Crippen molar-refractivity contribution >= 4 is 43.2 Å². The fourth-order valence-electron chi connectivity index (χ4n) is 1.51. The number of pyridine rings is 2. The van der Waals surface area contributed by atoms with Crippen molar-refractivity contribution in [2.24, 2.45) is 0 Å². The maximum absolute atomic E-state index is 12.0. The number of anilines is 1. The van der Waals surface area contributed by atoms with E-state index in [1.165, 1.54) is 6.20 Å². The van der Waals surface area contributed by atoms with Crippen LogP contribution in [0.4, 0.5) is 5.69 Å². The van der Waals surface area contributed by atoms with Crippen LogP contribution in [0.1, 0.15) is 5.56 Å². The number of sulfonamides is 1. The van der Waals surface area contributed by atoms with Crippen molar-refractivity contribution in [2.75, 3.05) is 10.5 Å². The summed E-state index contributed by atoms with van der Waals surface area (Å²) in [5.74, 6) is -0.0166. The number of rotatable bonds is 5. The SMILES string of the molecule is O=S(=O)(CCc1ccncc1)Nc1cnc(Cl)c(Br)c1. The Kier molecular flexibility index (Phi) is 4.95. The van der Waals surface area contributed by atoms with Crippen molar-refractivity contribution in [1.82, 2.24) is 9.97 Å². The Balaban J connectivity index is 2.02. The highest BCUT2D eigenvalue weighted by molar-refractivity contribution is 9.10. The lowest BCUT2D eigenvalue weighted by Gasteiger charge is -2.08. The van der Waals surface area contributed by atoms with Gasteiger partial charge in [0, 0.05) is 12.4 Å². The zero-order valence-corrected chi connectivity index (χ0v) is 13.4. The van der Waals surface area contributed by atoms with Gasteiger partial charge in [-0.05, 0) is 46.1 Å². The molecule has 1 N–H and O–H groups in total. The summed E-state index contributed by atoms with van der Waals surface area (Å²) in [5, 5.41) is 0.282. The zero-order chi connectivity index (χ0) is 14.6. The summed E-state index contributed by atoms with van der Waals surface area (Å²) in [4.78, 5) is 7.75. The standard InChI is InChI=1S/C12H11BrClN3O2S/c13-11-7-10(8-16-12(11)14)17-20(18,19)6-3-9-1-4-15-5-2-9/h1-2,4-5,7-8,17H,3,6H2. The molecule has 0 aliphatic carbocycles. The second-order valence-corrected chi connectivity index (χ2v) is 7.08. The molecule has 0 radical (unpaired) electrons. The minimum atomic E-state index is -3.44. The van der Waals surface area contributed by atoms with E-state index in [-0.39, 0.29) is 10.9 Å². The molecule has 0 unspecified atom stereocenters. The zero-order valence-electron chi connectivity index (χ0n) is 10.3. The van der Waals surface area contributed by atoms with E-state index < -0.39 is 10.0 Å². The molecule has 2 rings (SSSR count). The third kappa shape index (κ3) is 4.43. The van der Waals surface area contributed by atoms with Gasteiger partial charge in [-0.3, -0.25) is 9.71 Å². The molecule has 8 heteroatoms. The van der Waals surface area contributed by atoms with Gasteiger partial charge >= 0.3 is 0 Å². The first-order valence-corrected chi connectivity index (χ1v) is 8.49. The molecular formula is C12H11BrClN3O2S. The van der Waals surface area contributed by atoms with Crippen LogP contribution >= 0.6 is 27.5 Å². The molecule has 0 aromatic carbocycles. The fourth-order valence-corrected chi connectivity index (χ4v) is 3.04. The molecule has 0 saturated carbocycles. The summed E-state index contributed by atoms with van der Waals surface area (Å²) in [5.41, 5.74) is 1.29. The molecule has 20 heavy (non-hydrogen) atoms. The van der Waals surface area contributed by atoms with Gasteiger partial charge in [0.05, 0.1) is 22.1 Å². The summed E-state index contributed by atoms with van der Waals surface area (Å²) in [6, 6.07) is 5.14. The highest BCUT2D eigenvalue weighted by Gasteiger charge is 2.12. The molecule has 2 aromatic rings. The lowest BCUT2D eigenvalue weighted by atomic mass is 10.2. The predicted molar refractivity (Wildman–Crippen MR) is 82.3 cm³/mol. The van der Waals surface area contributed by atoms with Crippen molar-refractivity contribution in [3.63, 3.8) is 0 Å². The van der Waals surface area contributed by atoms with Crippen molar-refractivity contribution < 1.29 is 8.42 Å². The van der Waals surface area contributed by atoms with Gasteiger partial charge in [0.15, 0.2) is 0 Å². The van der Waals surface area contributed by atoms with Crippen LogP contribution in [0.25, 0.3) is 0 Å². The number of nitrogens with zero attached hydrogens (tertiary/aromatic N) is 2. The van der Waals surface area contributed by atoms with Crippen LogP contribution in [0.2, 0.25) is 5.15 Å². The lowest BCUT2D eigenvalue weighted by Crippen LogP contribution is -2.18. The molecule has 0 amide bonds. The molecule has 0 atom stereocenters. The van der Waals surface area contributed by atoms with Gasteiger partial charge in [-0.25, -0.2) is 13.4 Å². The van der Waals surface area contributed by atoms with E-state index in [0.29, 0.717) is 16.6 Å². The van der Waals surface area contributed by atoms with Gasteiger partial charge in [0.2, 0.25) is 10.0 Å². The lowest BCUT2D eigenvalue weighted by molar-refractivity contribution is 0.600. The number of halogens is 2. The van der Waals surface area contributed by atoms with Crippen LogP contribution in [-0.2, 0) is 16.4 Å². The third-order valence-electron chi connectivity index (χ3n) is 2.48. The first-order valence-electron chi connectivity index (χ1n) is 5.67. The normalized spacial score (nSPS) is 11.3. The molecule has 106 valence electrons. The summed E-state index contributed by atoms with van der Waals surface area (Å²) in [6.07, 6.45) is 5.06. The van der Waals surface area contributed by atoms with Crippen LogP contribution in [0, 0.1) is 0 Å². The number of hydrogen-bond donors (Lipinski definition) is 1. The topological polar surface area (TPSA) is 72.0 Å². The second-order valence-electron chi connectivity index (χ2n) is 4.02. The molecule has 2 heterocycles. The molecule has 0 aliphatic heterocycles. The van der Waals surface area contributed by atoms with Crippen molar-refractivity contribution in [3.05, 3.63) is 52.0 Å². The van der Waals surface area contributed by atoms with E-state index in [9.17, 15) is 8.42 Å². The number of aromatic nitrogens is 2. The predicted octanol–water partition coefficient (Wildman–Crippen LogP) is 2.88. The largest absolute Gasteiger partial charge is 0.282 e. The highest BCUT2D eigenvalue weighted by Crippen LogP contribution is 2.23. The maximum Gasteiger partial charge on any atom is 0.233 e. The summed E-state index contributed by atoms with van der Waals surface area (Å²) in [6.45, 7) is 0. The van der Waals surface area contributed by atoms with Gasteiger partial charge in [-0.15, -0.1) is 0 Å². The van der Waals surface area contributed by atoms with Crippen LogP contribution in [0.15, 0.2) is 41.3 Å². The number of nitrogens with one attached hydrogen (secondary N) is 1. The minimum Gasteiger partial charge on any atom is -0.282 e. The smallest absolute Gasteiger partial charge is 0.233 e. The molecule has 0 spiro atoms. The van der Waals surface area contributed by atoms with E-state index in [4.69, 9.17) is 11.6 Å².